The summed E-state index contributed by atoms with van der Waals surface area (Å²) in [4.78, 5) is 32.3. The van der Waals surface area contributed by atoms with Crippen LogP contribution in [0.5, 0.6) is 5.75 Å². The minimum Gasteiger partial charge on any atom is -0.492 e. The fourth-order valence-corrected chi connectivity index (χ4v) is 5.13. The van der Waals surface area contributed by atoms with Crippen molar-refractivity contribution in [3.8, 4) is 5.75 Å². The second-order valence-corrected chi connectivity index (χ2v) is 10.2. The lowest BCUT2D eigenvalue weighted by atomic mass is 9.94. The number of methoxy groups -OCH3 is 1. The molecule has 1 saturated carbocycles. The minimum absolute atomic E-state index is 0.0573. The normalized spacial score (nSPS) is 14.2. The second-order valence-electron chi connectivity index (χ2n) is 10.2. The highest BCUT2D eigenvalue weighted by Crippen LogP contribution is 2.31. The Balaban J connectivity index is 1.18. The van der Waals surface area contributed by atoms with E-state index in [9.17, 15) is 9.59 Å². The Morgan fingerprint density at radius 3 is 2.50 bits per heavy atom. The maximum absolute atomic E-state index is 13.2. The molecule has 0 radical (unpaired) electrons. The van der Waals surface area contributed by atoms with E-state index >= 15 is 0 Å². The van der Waals surface area contributed by atoms with Crippen molar-refractivity contribution in [1.82, 2.24) is 4.98 Å². The molecule has 0 aliphatic heterocycles. The van der Waals surface area contributed by atoms with Gasteiger partial charge in [-0.15, -0.1) is 0 Å². The van der Waals surface area contributed by atoms with Gasteiger partial charge in [-0.2, -0.15) is 4.98 Å². The monoisotopic (exact) mass is 541 g/mol. The molecule has 5 rings (SSSR count). The molecule has 3 aromatic carbocycles. The smallest absolute Gasteiger partial charge is 0.328 e. The number of carbonyl (C=O) groups is 2. The lowest BCUT2D eigenvalue weighted by Crippen LogP contribution is -2.33. The van der Waals surface area contributed by atoms with Gasteiger partial charge in [-0.3, -0.25) is 4.79 Å². The van der Waals surface area contributed by atoms with Crippen LogP contribution in [0.2, 0.25) is 0 Å². The van der Waals surface area contributed by atoms with Crippen LogP contribution in [0.4, 0.5) is 11.7 Å². The quantitative estimate of drug-likeness (QED) is 0.175. The van der Waals surface area contributed by atoms with Crippen molar-refractivity contribution in [3.05, 3.63) is 83.9 Å². The van der Waals surface area contributed by atoms with Crippen LogP contribution < -0.4 is 15.0 Å². The Morgan fingerprint density at radius 2 is 1.75 bits per heavy atom. The zero-order valence-corrected chi connectivity index (χ0v) is 23.0. The van der Waals surface area contributed by atoms with Gasteiger partial charge < -0.3 is 24.1 Å². The number of fused-ring (bicyclic) bond motifs is 1. The number of likely N-dealkylation sites (N-methyl/N-ethyl adjacent to an activating group) is 1. The lowest BCUT2D eigenvalue weighted by molar-refractivity contribution is -0.141. The number of Topliss-reactive ketones (excluding diaryl/α,β-unsaturated/α-hetero) is 1. The van der Waals surface area contributed by atoms with E-state index < -0.39 is 6.04 Å². The third kappa shape index (κ3) is 6.45. The van der Waals surface area contributed by atoms with Crippen LogP contribution in [0.25, 0.3) is 11.1 Å². The van der Waals surface area contributed by atoms with Crippen LogP contribution in [0.3, 0.4) is 0 Å². The molecule has 0 bridgehead atoms. The van der Waals surface area contributed by atoms with Crippen molar-refractivity contribution >= 4 is 34.6 Å². The Kier molecular flexibility index (Phi) is 8.64. The number of esters is 1. The number of hydrogen-bond acceptors (Lipinski definition) is 8. The number of ether oxygens (including phenoxy) is 2. The molecule has 1 atom stereocenters. The van der Waals surface area contributed by atoms with Crippen LogP contribution in [-0.2, 0) is 16.0 Å². The summed E-state index contributed by atoms with van der Waals surface area (Å²) in [6.45, 7) is 1.05. The van der Waals surface area contributed by atoms with Crippen molar-refractivity contribution in [3.63, 3.8) is 0 Å². The van der Waals surface area contributed by atoms with Crippen LogP contribution in [-0.4, -0.2) is 50.1 Å². The standard InChI is InChI=1S/C32H35N3O5/c1-35(32-34-27-13-7-8-14-29(27)40-32)19-20-39-24-17-15-22(16-18-24)21-28(31(37)38-2)33-26-12-6-5-11-25(26)30(36)23-9-3-4-10-23/h5-8,11-18,23,28,33H,3-4,9-10,19-21H2,1-2H3. The van der Waals surface area contributed by atoms with E-state index in [2.05, 4.69) is 10.3 Å². The summed E-state index contributed by atoms with van der Waals surface area (Å²) in [5.74, 6) is 0.546. The van der Waals surface area contributed by atoms with Gasteiger partial charge in [0, 0.05) is 30.6 Å². The summed E-state index contributed by atoms with van der Waals surface area (Å²) in [5.41, 5.74) is 3.82. The number of hydrogen-bond donors (Lipinski definition) is 1. The molecule has 1 aromatic heterocycles. The van der Waals surface area contributed by atoms with Crippen molar-refractivity contribution in [2.75, 3.05) is 37.5 Å². The molecule has 1 heterocycles. The fraction of sp³-hybridized carbons (Fsp3) is 0.344. The van der Waals surface area contributed by atoms with Crippen LogP contribution in [0, 0.1) is 5.92 Å². The van der Waals surface area contributed by atoms with Gasteiger partial charge in [-0.05, 0) is 54.8 Å². The second kappa shape index (κ2) is 12.7. The van der Waals surface area contributed by atoms with Gasteiger partial charge in [0.2, 0.25) is 0 Å². The highest BCUT2D eigenvalue weighted by molar-refractivity contribution is 6.03. The van der Waals surface area contributed by atoms with Crippen molar-refractivity contribution in [2.24, 2.45) is 5.92 Å². The number of benzene rings is 3. The fourth-order valence-electron chi connectivity index (χ4n) is 5.13. The zero-order valence-electron chi connectivity index (χ0n) is 23.0. The molecule has 8 heteroatoms. The molecule has 1 unspecified atom stereocenters. The molecular formula is C32H35N3O5. The Bertz CT molecular complexity index is 1410. The van der Waals surface area contributed by atoms with Gasteiger partial charge in [0.05, 0.1) is 13.7 Å². The molecule has 1 fully saturated rings. The number of carbonyl (C=O) groups excluding carboxylic acids is 2. The average Bonchev–Trinajstić information content (AvgIpc) is 3.68. The predicted octanol–water partition coefficient (Wildman–Crippen LogP) is 5.91. The number of rotatable bonds is 12. The summed E-state index contributed by atoms with van der Waals surface area (Å²) in [6, 6.07) is 22.7. The van der Waals surface area contributed by atoms with Crippen molar-refractivity contribution in [2.45, 2.75) is 38.1 Å². The molecule has 0 amide bonds. The Labute approximate surface area is 234 Å². The first kappa shape index (κ1) is 27.2. The number of nitrogens with zero attached hydrogens (tertiary/aromatic N) is 2. The molecule has 208 valence electrons. The van der Waals surface area contributed by atoms with E-state index in [1.165, 1.54) is 7.11 Å². The van der Waals surface area contributed by atoms with Gasteiger partial charge >= 0.3 is 5.97 Å². The molecule has 1 aliphatic rings. The third-order valence-corrected chi connectivity index (χ3v) is 7.40. The van der Waals surface area contributed by atoms with Crippen molar-refractivity contribution < 1.29 is 23.5 Å². The number of aromatic nitrogens is 1. The summed E-state index contributed by atoms with van der Waals surface area (Å²) in [7, 11) is 3.29. The molecule has 4 aromatic rings. The number of oxazole rings is 1. The van der Waals surface area contributed by atoms with Gasteiger partial charge in [0.25, 0.3) is 6.01 Å². The van der Waals surface area contributed by atoms with Gasteiger partial charge in [0.15, 0.2) is 11.4 Å². The first-order valence-corrected chi connectivity index (χ1v) is 13.8. The number of nitrogens with one attached hydrogen (secondary N) is 1. The van der Waals surface area contributed by atoms with Crippen LogP contribution in [0.15, 0.2) is 77.2 Å². The third-order valence-electron chi connectivity index (χ3n) is 7.40. The van der Waals surface area contributed by atoms with E-state index in [0.717, 1.165) is 48.1 Å². The van der Waals surface area contributed by atoms with E-state index in [4.69, 9.17) is 13.9 Å². The van der Waals surface area contributed by atoms with Gasteiger partial charge in [0.1, 0.15) is 23.9 Å². The molecular weight excluding hydrogens is 506 g/mol. The SMILES string of the molecule is COC(=O)C(Cc1ccc(OCCN(C)c2nc3ccccc3o2)cc1)Nc1ccccc1C(=O)C1CCCC1. The number of para-hydroxylation sites is 3. The number of ketones is 1. The predicted molar refractivity (Wildman–Crippen MR) is 155 cm³/mol. The lowest BCUT2D eigenvalue weighted by Gasteiger charge is -2.21. The highest BCUT2D eigenvalue weighted by Gasteiger charge is 2.27. The van der Waals surface area contributed by atoms with E-state index in [0.29, 0.717) is 36.8 Å². The van der Waals surface area contributed by atoms with Gasteiger partial charge in [-0.1, -0.05) is 49.2 Å². The van der Waals surface area contributed by atoms with Gasteiger partial charge in [-0.25, -0.2) is 4.79 Å². The first-order chi connectivity index (χ1) is 19.5. The number of anilines is 2. The molecule has 0 spiro atoms. The minimum atomic E-state index is -0.640. The molecule has 1 aliphatic carbocycles. The van der Waals surface area contributed by atoms with Crippen LogP contribution >= 0.6 is 0 Å². The Morgan fingerprint density at radius 1 is 1.02 bits per heavy atom. The van der Waals surface area contributed by atoms with E-state index in [-0.39, 0.29) is 17.7 Å². The van der Waals surface area contributed by atoms with E-state index in [1.807, 2.05) is 84.7 Å². The maximum Gasteiger partial charge on any atom is 0.328 e. The summed E-state index contributed by atoms with van der Waals surface area (Å²) in [5, 5.41) is 3.29. The maximum atomic E-state index is 13.2. The van der Waals surface area contributed by atoms with E-state index in [1.54, 1.807) is 0 Å². The summed E-state index contributed by atoms with van der Waals surface area (Å²) >= 11 is 0. The highest BCUT2D eigenvalue weighted by atomic mass is 16.5. The zero-order chi connectivity index (χ0) is 27.9. The molecule has 40 heavy (non-hydrogen) atoms. The largest absolute Gasteiger partial charge is 0.492 e. The molecule has 0 saturated heterocycles. The first-order valence-electron chi connectivity index (χ1n) is 13.8. The topological polar surface area (TPSA) is 93.9 Å². The average molecular weight is 542 g/mol. The van der Waals surface area contributed by atoms with Crippen molar-refractivity contribution in [1.29, 1.82) is 0 Å². The molecule has 1 N–H and O–H groups in total. The Hall–Kier alpha value is -4.33. The summed E-state index contributed by atoms with van der Waals surface area (Å²) < 4.78 is 16.8. The summed E-state index contributed by atoms with van der Waals surface area (Å²) in [6.07, 6.45) is 4.43. The molecule has 8 nitrogen and oxygen atoms in total. The van der Waals surface area contributed by atoms with Crippen LogP contribution in [0.1, 0.15) is 41.6 Å².